The number of methoxy groups -OCH3 is 1. The lowest BCUT2D eigenvalue weighted by Gasteiger charge is -2.12. The van der Waals surface area contributed by atoms with Crippen LogP contribution in [-0.2, 0) is 4.74 Å². The van der Waals surface area contributed by atoms with Gasteiger partial charge in [-0.15, -0.1) is 0 Å². The van der Waals surface area contributed by atoms with Crippen molar-refractivity contribution in [3.8, 4) is 5.75 Å². The van der Waals surface area contributed by atoms with Crippen molar-refractivity contribution in [2.75, 3.05) is 20.3 Å². The predicted octanol–water partition coefficient (Wildman–Crippen LogP) is 3.12. The Kier molecular flexibility index (Phi) is 5.01. The number of furan rings is 1. The Balaban J connectivity index is 2.10. The van der Waals surface area contributed by atoms with E-state index in [1.54, 1.807) is 13.4 Å². The number of hydrogen-bond donors (Lipinski definition) is 1. The van der Waals surface area contributed by atoms with Crippen LogP contribution < -0.4 is 10.5 Å². The van der Waals surface area contributed by atoms with Gasteiger partial charge in [0.05, 0.1) is 23.4 Å². The van der Waals surface area contributed by atoms with Crippen LogP contribution in [0.5, 0.6) is 5.75 Å². The predicted molar refractivity (Wildman–Crippen MR) is 76.3 cm³/mol. The molecular formula is C14H16BrNO3. The molecule has 102 valence electrons. The van der Waals surface area contributed by atoms with Gasteiger partial charge in [0.1, 0.15) is 18.1 Å². The van der Waals surface area contributed by atoms with Gasteiger partial charge >= 0.3 is 0 Å². The number of rotatable bonds is 6. The van der Waals surface area contributed by atoms with Gasteiger partial charge in [-0.05, 0) is 45.8 Å². The highest BCUT2D eigenvalue weighted by Gasteiger charge is 2.13. The van der Waals surface area contributed by atoms with E-state index in [1.165, 1.54) is 0 Å². The summed E-state index contributed by atoms with van der Waals surface area (Å²) in [5.41, 5.74) is 7.09. The van der Waals surface area contributed by atoms with E-state index in [0.717, 1.165) is 21.5 Å². The third-order valence-electron chi connectivity index (χ3n) is 2.71. The zero-order chi connectivity index (χ0) is 13.7. The molecule has 0 spiro atoms. The highest BCUT2D eigenvalue weighted by atomic mass is 79.9. The number of benzene rings is 1. The van der Waals surface area contributed by atoms with E-state index >= 15 is 0 Å². The van der Waals surface area contributed by atoms with E-state index in [0.29, 0.717) is 13.2 Å². The van der Waals surface area contributed by atoms with Gasteiger partial charge in [0.15, 0.2) is 0 Å². The average molecular weight is 326 g/mol. The van der Waals surface area contributed by atoms with Gasteiger partial charge in [-0.25, -0.2) is 0 Å². The van der Waals surface area contributed by atoms with E-state index in [9.17, 15) is 0 Å². The minimum atomic E-state index is -0.278. The van der Waals surface area contributed by atoms with Crippen molar-refractivity contribution in [2.45, 2.75) is 6.04 Å². The van der Waals surface area contributed by atoms with Crippen LogP contribution >= 0.6 is 15.9 Å². The summed E-state index contributed by atoms with van der Waals surface area (Å²) >= 11 is 3.48. The lowest BCUT2D eigenvalue weighted by atomic mass is 10.1. The summed E-state index contributed by atoms with van der Waals surface area (Å²) in [7, 11) is 1.64. The highest BCUT2D eigenvalue weighted by molar-refractivity contribution is 9.10. The molecule has 0 fully saturated rings. The quantitative estimate of drug-likeness (QED) is 0.829. The van der Waals surface area contributed by atoms with Crippen molar-refractivity contribution >= 4 is 15.9 Å². The molecule has 2 N–H and O–H groups in total. The van der Waals surface area contributed by atoms with Crippen LogP contribution in [0.3, 0.4) is 0 Å². The Labute approximate surface area is 120 Å². The van der Waals surface area contributed by atoms with Gasteiger partial charge in [-0.2, -0.15) is 0 Å². The Morgan fingerprint density at radius 3 is 2.79 bits per heavy atom. The first-order valence-corrected chi connectivity index (χ1v) is 6.72. The molecule has 0 radical (unpaired) electrons. The van der Waals surface area contributed by atoms with E-state index in [-0.39, 0.29) is 6.04 Å². The molecule has 0 aliphatic carbocycles. The van der Waals surface area contributed by atoms with Crippen molar-refractivity contribution in [1.82, 2.24) is 0 Å². The summed E-state index contributed by atoms with van der Waals surface area (Å²) in [6, 6.07) is 9.17. The number of hydrogen-bond acceptors (Lipinski definition) is 4. The molecule has 1 aromatic carbocycles. The molecule has 0 aliphatic rings. The maximum absolute atomic E-state index is 6.13. The highest BCUT2D eigenvalue weighted by Crippen LogP contribution is 2.30. The zero-order valence-corrected chi connectivity index (χ0v) is 12.2. The minimum absolute atomic E-state index is 0.278. The van der Waals surface area contributed by atoms with Gasteiger partial charge in [0.25, 0.3) is 0 Å². The Hall–Kier alpha value is -1.30. The van der Waals surface area contributed by atoms with Crippen LogP contribution in [0.1, 0.15) is 17.4 Å². The number of nitrogens with two attached hydrogens (primary N) is 1. The fraction of sp³-hybridized carbons (Fsp3) is 0.286. The van der Waals surface area contributed by atoms with Crippen LogP contribution in [0.15, 0.2) is 45.5 Å². The van der Waals surface area contributed by atoms with Crippen LogP contribution in [0.25, 0.3) is 0 Å². The van der Waals surface area contributed by atoms with Crippen molar-refractivity contribution in [3.05, 3.63) is 52.4 Å². The lowest BCUT2D eigenvalue weighted by Crippen LogP contribution is -2.11. The molecule has 2 aromatic rings. The molecule has 2 rings (SSSR count). The zero-order valence-electron chi connectivity index (χ0n) is 10.6. The van der Waals surface area contributed by atoms with Gasteiger partial charge in [0.2, 0.25) is 0 Å². The number of halogens is 1. The van der Waals surface area contributed by atoms with Gasteiger partial charge in [-0.1, -0.05) is 6.07 Å². The third kappa shape index (κ3) is 3.59. The second kappa shape index (κ2) is 6.75. The maximum atomic E-state index is 6.13. The normalized spacial score (nSPS) is 12.4. The standard InChI is InChI=1S/C14H16BrNO3/c1-17-7-8-19-12-5-4-10(9-11(12)15)14(16)13-3-2-6-18-13/h2-6,9,14H,7-8,16H2,1H3. The summed E-state index contributed by atoms with van der Waals surface area (Å²) in [5.74, 6) is 1.51. The molecule has 1 heterocycles. The van der Waals surface area contributed by atoms with Crippen molar-refractivity contribution in [2.24, 2.45) is 5.73 Å². The fourth-order valence-corrected chi connectivity index (χ4v) is 2.21. The second-order valence-electron chi connectivity index (χ2n) is 4.02. The monoisotopic (exact) mass is 325 g/mol. The van der Waals surface area contributed by atoms with E-state index in [2.05, 4.69) is 15.9 Å². The molecule has 0 saturated heterocycles. The summed E-state index contributed by atoms with van der Waals surface area (Å²) in [4.78, 5) is 0. The Morgan fingerprint density at radius 1 is 1.32 bits per heavy atom. The van der Waals surface area contributed by atoms with Gasteiger partial charge in [-0.3, -0.25) is 0 Å². The molecule has 1 atom stereocenters. The smallest absolute Gasteiger partial charge is 0.133 e. The van der Waals surface area contributed by atoms with E-state index in [1.807, 2.05) is 30.3 Å². The fourth-order valence-electron chi connectivity index (χ4n) is 1.70. The first-order valence-electron chi connectivity index (χ1n) is 5.92. The van der Waals surface area contributed by atoms with Crippen LogP contribution in [-0.4, -0.2) is 20.3 Å². The number of ether oxygens (including phenoxy) is 2. The van der Waals surface area contributed by atoms with Crippen molar-refractivity contribution in [3.63, 3.8) is 0 Å². The summed E-state index contributed by atoms with van der Waals surface area (Å²) in [5, 5.41) is 0. The van der Waals surface area contributed by atoms with Crippen molar-refractivity contribution in [1.29, 1.82) is 0 Å². The average Bonchev–Trinajstić information content (AvgIpc) is 2.94. The van der Waals surface area contributed by atoms with Gasteiger partial charge < -0.3 is 19.6 Å². The van der Waals surface area contributed by atoms with E-state index < -0.39 is 0 Å². The molecule has 5 heteroatoms. The topological polar surface area (TPSA) is 57.6 Å². The first-order chi connectivity index (χ1) is 9.22. The molecule has 0 aliphatic heterocycles. The van der Waals surface area contributed by atoms with Crippen molar-refractivity contribution < 1.29 is 13.9 Å². The van der Waals surface area contributed by atoms with Gasteiger partial charge in [0, 0.05) is 7.11 Å². The molecule has 0 amide bonds. The molecule has 1 unspecified atom stereocenters. The second-order valence-corrected chi connectivity index (χ2v) is 4.88. The molecule has 1 aromatic heterocycles. The first kappa shape index (κ1) is 14.1. The summed E-state index contributed by atoms with van der Waals surface area (Å²) in [6.45, 7) is 1.07. The Morgan fingerprint density at radius 2 is 2.16 bits per heavy atom. The molecule has 19 heavy (non-hydrogen) atoms. The van der Waals surface area contributed by atoms with Crippen LogP contribution in [0.2, 0.25) is 0 Å². The maximum Gasteiger partial charge on any atom is 0.133 e. The SMILES string of the molecule is COCCOc1ccc(C(N)c2ccco2)cc1Br. The largest absolute Gasteiger partial charge is 0.490 e. The summed E-state index contributed by atoms with van der Waals surface area (Å²) < 4.78 is 16.7. The lowest BCUT2D eigenvalue weighted by molar-refractivity contribution is 0.146. The molecule has 0 bridgehead atoms. The van der Waals surface area contributed by atoms with Crippen LogP contribution in [0.4, 0.5) is 0 Å². The molecular weight excluding hydrogens is 310 g/mol. The molecule has 4 nitrogen and oxygen atoms in total. The van der Waals surface area contributed by atoms with Crippen LogP contribution in [0, 0.1) is 0 Å². The minimum Gasteiger partial charge on any atom is -0.490 e. The Bertz CT molecular complexity index is 513. The molecule has 0 saturated carbocycles. The third-order valence-corrected chi connectivity index (χ3v) is 3.33. The summed E-state index contributed by atoms with van der Waals surface area (Å²) in [6.07, 6.45) is 1.62. The van der Waals surface area contributed by atoms with E-state index in [4.69, 9.17) is 19.6 Å².